The summed E-state index contributed by atoms with van der Waals surface area (Å²) >= 11 is 0. The first-order valence-electron chi connectivity index (χ1n) is 6.23. The summed E-state index contributed by atoms with van der Waals surface area (Å²) in [5.41, 5.74) is 5.73. The molecule has 1 amide bonds. The van der Waals surface area contributed by atoms with Crippen molar-refractivity contribution >= 4 is 5.91 Å². The Balaban J connectivity index is 3.37. The molecule has 0 rings (SSSR count). The normalized spacial score (nSPS) is 12.4. The Kier molecular flexibility index (Phi) is 11.4. The lowest BCUT2D eigenvalue weighted by atomic mass is 10.1. The molecule has 1 unspecified atom stereocenters. The first kappa shape index (κ1) is 16.4. The van der Waals surface area contributed by atoms with Crippen LogP contribution < -0.4 is 11.1 Å². The zero-order valence-electron chi connectivity index (χ0n) is 11.0. The van der Waals surface area contributed by atoms with Gasteiger partial charge in [0.05, 0.1) is 6.04 Å². The first-order valence-corrected chi connectivity index (χ1v) is 6.23. The molecule has 5 nitrogen and oxygen atoms in total. The van der Waals surface area contributed by atoms with E-state index in [1.54, 1.807) is 14.2 Å². The Bertz CT molecular complexity index is 189. The average Bonchev–Trinajstić information content (AvgIpc) is 2.33. The predicted octanol–water partition coefficient (Wildman–Crippen LogP) is 0.673. The van der Waals surface area contributed by atoms with E-state index >= 15 is 0 Å². The fourth-order valence-corrected chi connectivity index (χ4v) is 1.47. The lowest BCUT2D eigenvalue weighted by Crippen LogP contribution is -2.41. The van der Waals surface area contributed by atoms with E-state index < -0.39 is 6.04 Å². The molecular weight excluding hydrogens is 220 g/mol. The Morgan fingerprint density at radius 2 is 1.76 bits per heavy atom. The molecule has 0 fully saturated rings. The molecule has 0 aromatic carbocycles. The van der Waals surface area contributed by atoms with Crippen LogP contribution in [0, 0.1) is 0 Å². The molecule has 17 heavy (non-hydrogen) atoms. The van der Waals surface area contributed by atoms with E-state index in [4.69, 9.17) is 15.2 Å². The van der Waals surface area contributed by atoms with Crippen LogP contribution in [0.2, 0.25) is 0 Å². The fourth-order valence-electron chi connectivity index (χ4n) is 1.47. The molecule has 1 atom stereocenters. The molecule has 0 aliphatic rings. The lowest BCUT2D eigenvalue weighted by Gasteiger charge is -2.11. The minimum atomic E-state index is -0.413. The van der Waals surface area contributed by atoms with Gasteiger partial charge in [-0.05, 0) is 32.1 Å². The summed E-state index contributed by atoms with van der Waals surface area (Å²) in [6.45, 7) is 2.13. The Hall–Kier alpha value is -0.650. The van der Waals surface area contributed by atoms with Gasteiger partial charge in [-0.3, -0.25) is 4.79 Å². The van der Waals surface area contributed by atoms with Gasteiger partial charge in [0.1, 0.15) is 0 Å². The first-order chi connectivity index (χ1) is 8.22. The molecule has 0 aliphatic carbocycles. The van der Waals surface area contributed by atoms with Crippen LogP contribution in [0.25, 0.3) is 0 Å². The summed E-state index contributed by atoms with van der Waals surface area (Å²) in [4.78, 5) is 11.5. The van der Waals surface area contributed by atoms with Crippen LogP contribution in [-0.4, -0.2) is 45.9 Å². The zero-order chi connectivity index (χ0) is 12.9. The summed E-state index contributed by atoms with van der Waals surface area (Å²) in [5, 5.41) is 2.84. The lowest BCUT2D eigenvalue weighted by molar-refractivity contribution is -0.122. The molecule has 0 spiro atoms. The van der Waals surface area contributed by atoms with Gasteiger partial charge in [0.2, 0.25) is 5.91 Å². The molecule has 0 saturated heterocycles. The average molecular weight is 246 g/mol. The molecule has 0 saturated carbocycles. The number of amides is 1. The zero-order valence-corrected chi connectivity index (χ0v) is 11.0. The number of ether oxygens (including phenoxy) is 2. The van der Waals surface area contributed by atoms with Gasteiger partial charge in [0.25, 0.3) is 0 Å². The van der Waals surface area contributed by atoms with Gasteiger partial charge in [0, 0.05) is 34.0 Å². The summed E-state index contributed by atoms with van der Waals surface area (Å²) in [6.07, 6.45) is 4.56. The monoisotopic (exact) mass is 246 g/mol. The predicted molar refractivity (Wildman–Crippen MR) is 67.8 cm³/mol. The quantitative estimate of drug-likeness (QED) is 0.526. The van der Waals surface area contributed by atoms with E-state index in [1.165, 1.54) is 0 Å². The van der Waals surface area contributed by atoms with Crippen molar-refractivity contribution < 1.29 is 14.3 Å². The van der Waals surface area contributed by atoms with E-state index in [-0.39, 0.29) is 5.91 Å². The van der Waals surface area contributed by atoms with Crippen molar-refractivity contribution in [3.63, 3.8) is 0 Å². The molecule has 102 valence electrons. The van der Waals surface area contributed by atoms with Crippen LogP contribution in [0.1, 0.15) is 32.1 Å². The highest BCUT2D eigenvalue weighted by atomic mass is 16.5. The SMILES string of the molecule is COCCCCCNC(=O)C(N)CCCOC. The molecular formula is C12H26N2O3. The van der Waals surface area contributed by atoms with Crippen molar-refractivity contribution in [1.82, 2.24) is 5.32 Å². The third-order valence-corrected chi connectivity index (χ3v) is 2.52. The van der Waals surface area contributed by atoms with Gasteiger partial charge in [-0.15, -0.1) is 0 Å². The molecule has 0 bridgehead atoms. The number of hydrogen-bond acceptors (Lipinski definition) is 4. The third kappa shape index (κ3) is 10.2. The van der Waals surface area contributed by atoms with Crippen LogP contribution >= 0.6 is 0 Å². The molecule has 0 heterocycles. The molecule has 0 aromatic heterocycles. The smallest absolute Gasteiger partial charge is 0.236 e. The second-order valence-corrected chi connectivity index (χ2v) is 4.09. The van der Waals surface area contributed by atoms with Crippen molar-refractivity contribution in [2.24, 2.45) is 5.73 Å². The second kappa shape index (κ2) is 11.8. The number of unbranched alkanes of at least 4 members (excludes halogenated alkanes) is 2. The summed E-state index contributed by atoms with van der Waals surface area (Å²) in [7, 11) is 3.34. The molecule has 0 aliphatic heterocycles. The maximum Gasteiger partial charge on any atom is 0.236 e. The van der Waals surface area contributed by atoms with Gasteiger partial charge in [-0.2, -0.15) is 0 Å². The maximum atomic E-state index is 11.5. The Labute approximate surface area is 104 Å². The van der Waals surface area contributed by atoms with Crippen molar-refractivity contribution in [3.05, 3.63) is 0 Å². The molecule has 5 heteroatoms. The van der Waals surface area contributed by atoms with E-state index in [0.29, 0.717) is 19.6 Å². The van der Waals surface area contributed by atoms with E-state index in [2.05, 4.69) is 5.32 Å². The number of nitrogens with one attached hydrogen (secondary N) is 1. The largest absolute Gasteiger partial charge is 0.385 e. The number of methoxy groups -OCH3 is 2. The Morgan fingerprint density at radius 1 is 1.12 bits per heavy atom. The Morgan fingerprint density at radius 3 is 2.41 bits per heavy atom. The number of carbonyl (C=O) groups is 1. The van der Waals surface area contributed by atoms with E-state index in [1.807, 2.05) is 0 Å². The highest BCUT2D eigenvalue weighted by molar-refractivity contribution is 5.81. The van der Waals surface area contributed by atoms with Gasteiger partial charge < -0.3 is 20.5 Å². The summed E-state index contributed by atoms with van der Waals surface area (Å²) in [6, 6.07) is -0.413. The van der Waals surface area contributed by atoms with Gasteiger partial charge in [-0.1, -0.05) is 0 Å². The molecule has 3 N–H and O–H groups in total. The minimum absolute atomic E-state index is 0.0622. The van der Waals surface area contributed by atoms with Gasteiger partial charge in [0.15, 0.2) is 0 Å². The van der Waals surface area contributed by atoms with Crippen LogP contribution in [-0.2, 0) is 14.3 Å². The summed E-state index contributed by atoms with van der Waals surface area (Å²) < 4.78 is 9.85. The van der Waals surface area contributed by atoms with Crippen LogP contribution in [0.15, 0.2) is 0 Å². The van der Waals surface area contributed by atoms with Crippen LogP contribution in [0.4, 0.5) is 0 Å². The van der Waals surface area contributed by atoms with E-state index in [0.717, 1.165) is 32.3 Å². The number of hydrogen-bond donors (Lipinski definition) is 2. The second-order valence-electron chi connectivity index (χ2n) is 4.09. The number of carbonyl (C=O) groups excluding carboxylic acids is 1. The maximum absolute atomic E-state index is 11.5. The van der Waals surface area contributed by atoms with Crippen molar-refractivity contribution in [1.29, 1.82) is 0 Å². The number of nitrogens with two attached hydrogens (primary N) is 1. The minimum Gasteiger partial charge on any atom is -0.385 e. The van der Waals surface area contributed by atoms with Crippen LogP contribution in [0.5, 0.6) is 0 Å². The van der Waals surface area contributed by atoms with Crippen molar-refractivity contribution in [3.8, 4) is 0 Å². The highest BCUT2D eigenvalue weighted by Crippen LogP contribution is 1.97. The standard InChI is InChI=1S/C12H26N2O3/c1-16-9-5-3-4-8-14-12(15)11(13)7-6-10-17-2/h11H,3-10,13H2,1-2H3,(H,14,15). The van der Waals surface area contributed by atoms with Crippen LogP contribution in [0.3, 0.4) is 0 Å². The van der Waals surface area contributed by atoms with Gasteiger partial charge in [-0.25, -0.2) is 0 Å². The highest BCUT2D eigenvalue weighted by Gasteiger charge is 2.11. The van der Waals surface area contributed by atoms with Crippen molar-refractivity contribution in [2.75, 3.05) is 34.0 Å². The van der Waals surface area contributed by atoms with Crippen molar-refractivity contribution in [2.45, 2.75) is 38.1 Å². The van der Waals surface area contributed by atoms with Gasteiger partial charge >= 0.3 is 0 Å². The summed E-state index contributed by atoms with van der Waals surface area (Å²) in [5.74, 6) is -0.0622. The molecule has 0 aromatic rings. The fraction of sp³-hybridized carbons (Fsp3) is 0.917. The number of rotatable bonds is 11. The molecule has 0 radical (unpaired) electrons. The van der Waals surface area contributed by atoms with E-state index in [9.17, 15) is 4.79 Å². The third-order valence-electron chi connectivity index (χ3n) is 2.52. The topological polar surface area (TPSA) is 73.6 Å².